The average molecular weight is 390 g/mol. The first-order chi connectivity index (χ1) is 14.2. The van der Waals surface area contributed by atoms with Crippen LogP contribution in [0.4, 0.5) is 0 Å². The van der Waals surface area contributed by atoms with E-state index in [1.807, 2.05) is 61.7 Å². The Morgan fingerprint density at radius 1 is 1.17 bits per heavy atom. The average Bonchev–Trinajstić information content (AvgIpc) is 2.75. The second-order valence-corrected chi connectivity index (χ2v) is 7.45. The van der Waals surface area contributed by atoms with Gasteiger partial charge in [-0.1, -0.05) is 36.8 Å². The molecule has 5 nitrogen and oxygen atoms in total. The number of piperidine rings is 1. The summed E-state index contributed by atoms with van der Waals surface area (Å²) in [4.78, 5) is 18.8. The Morgan fingerprint density at radius 2 is 1.97 bits per heavy atom. The maximum Gasteiger partial charge on any atom is 0.320 e. The molecule has 1 aliphatic rings. The molecule has 150 valence electrons. The zero-order chi connectivity index (χ0) is 20.2. The number of rotatable bonds is 6. The molecule has 1 N–H and O–H groups in total. The largest absolute Gasteiger partial charge is 0.494 e. The van der Waals surface area contributed by atoms with Crippen LogP contribution >= 0.6 is 0 Å². The van der Waals surface area contributed by atoms with E-state index in [1.54, 1.807) is 0 Å². The molecule has 4 rings (SSSR count). The number of likely N-dealkylation sites (tertiary alicyclic amines) is 1. The molecule has 0 amide bonds. The van der Waals surface area contributed by atoms with Gasteiger partial charge in [0.25, 0.3) is 0 Å². The quantitative estimate of drug-likeness (QED) is 0.663. The molecule has 3 aromatic rings. The number of ether oxygens (including phenoxy) is 1. The zero-order valence-corrected chi connectivity index (χ0v) is 16.6. The Hall–Kier alpha value is -2.92. The van der Waals surface area contributed by atoms with Gasteiger partial charge >= 0.3 is 5.97 Å². The second-order valence-electron chi connectivity index (χ2n) is 7.45. The van der Waals surface area contributed by atoms with E-state index in [-0.39, 0.29) is 6.04 Å². The molecule has 0 spiro atoms. The maximum atomic E-state index is 12.0. The number of fused-ring (bicyclic) bond motifs is 1. The van der Waals surface area contributed by atoms with E-state index >= 15 is 0 Å². The molecule has 1 aromatic heterocycles. The van der Waals surface area contributed by atoms with E-state index in [1.165, 1.54) is 0 Å². The van der Waals surface area contributed by atoms with Crippen LogP contribution in [-0.4, -0.2) is 40.2 Å². The van der Waals surface area contributed by atoms with Crippen LogP contribution in [0.3, 0.4) is 0 Å². The number of para-hydroxylation sites is 1. The number of hydrogen-bond acceptors (Lipinski definition) is 4. The Balaban J connectivity index is 1.79. The van der Waals surface area contributed by atoms with Crippen LogP contribution in [0.15, 0.2) is 60.8 Å². The second kappa shape index (κ2) is 8.62. The fraction of sp³-hybridized carbons (Fsp3) is 0.333. The van der Waals surface area contributed by atoms with Crippen LogP contribution in [-0.2, 0) is 4.79 Å². The summed E-state index contributed by atoms with van der Waals surface area (Å²) in [6.45, 7) is 3.33. The third-order valence-electron chi connectivity index (χ3n) is 5.60. The van der Waals surface area contributed by atoms with Crippen molar-refractivity contribution in [2.45, 2.75) is 38.3 Å². The van der Waals surface area contributed by atoms with Gasteiger partial charge in [-0.3, -0.25) is 14.7 Å². The number of aliphatic carboxylic acids is 1. The van der Waals surface area contributed by atoms with E-state index in [4.69, 9.17) is 4.74 Å². The highest BCUT2D eigenvalue weighted by molar-refractivity contribution is 5.79. The molecular formula is C24H26N2O3. The predicted octanol–water partition coefficient (Wildman–Crippen LogP) is 4.66. The van der Waals surface area contributed by atoms with Gasteiger partial charge in [0.1, 0.15) is 11.8 Å². The topological polar surface area (TPSA) is 62.7 Å². The standard InChI is InChI=1S/C24H26N2O3/c1-2-29-20-12-10-17(11-13-20)23(26-14-6-5-9-22(26)24(27)28)19-15-18-7-3-4-8-21(18)25-16-19/h3-4,7-8,10-13,15-16,22-23H,2,5-6,9,14H2,1H3,(H,27,28). The number of hydrogen-bond donors (Lipinski definition) is 1. The van der Waals surface area contributed by atoms with Crippen molar-refractivity contribution in [2.75, 3.05) is 13.2 Å². The molecule has 0 bridgehead atoms. The van der Waals surface area contributed by atoms with Gasteiger partial charge in [-0.15, -0.1) is 0 Å². The first-order valence-electron chi connectivity index (χ1n) is 10.2. The first kappa shape index (κ1) is 19.4. The van der Waals surface area contributed by atoms with E-state index in [0.717, 1.165) is 47.2 Å². The number of benzene rings is 2. The third-order valence-corrected chi connectivity index (χ3v) is 5.60. The van der Waals surface area contributed by atoms with Gasteiger partial charge in [0.2, 0.25) is 0 Å². The summed E-state index contributed by atoms with van der Waals surface area (Å²) >= 11 is 0. The van der Waals surface area contributed by atoms with Crippen LogP contribution in [0.2, 0.25) is 0 Å². The van der Waals surface area contributed by atoms with Crippen LogP contribution in [0, 0.1) is 0 Å². The number of nitrogens with zero attached hydrogens (tertiary/aromatic N) is 2. The van der Waals surface area contributed by atoms with Gasteiger partial charge in [0.05, 0.1) is 18.2 Å². The van der Waals surface area contributed by atoms with Gasteiger partial charge in [0.15, 0.2) is 0 Å². The highest BCUT2D eigenvalue weighted by atomic mass is 16.5. The molecule has 2 aromatic carbocycles. The molecule has 0 saturated carbocycles. The Kier molecular flexibility index (Phi) is 5.76. The smallest absolute Gasteiger partial charge is 0.320 e. The fourth-order valence-electron chi connectivity index (χ4n) is 4.25. The summed E-state index contributed by atoms with van der Waals surface area (Å²) in [5, 5.41) is 10.9. The number of carboxylic acid groups (broad SMARTS) is 1. The van der Waals surface area contributed by atoms with Crippen molar-refractivity contribution in [1.29, 1.82) is 0 Å². The minimum atomic E-state index is -0.755. The molecule has 2 heterocycles. The minimum absolute atomic E-state index is 0.163. The van der Waals surface area contributed by atoms with Crippen LogP contribution < -0.4 is 4.74 Å². The molecule has 1 saturated heterocycles. The lowest BCUT2D eigenvalue weighted by Gasteiger charge is -2.39. The molecule has 5 heteroatoms. The number of carboxylic acids is 1. The van der Waals surface area contributed by atoms with Crippen molar-refractivity contribution >= 4 is 16.9 Å². The Labute approximate surface area is 170 Å². The predicted molar refractivity (Wildman–Crippen MR) is 113 cm³/mol. The van der Waals surface area contributed by atoms with E-state index in [0.29, 0.717) is 13.0 Å². The molecule has 2 atom stereocenters. The summed E-state index contributed by atoms with van der Waals surface area (Å²) in [5.41, 5.74) is 3.01. The van der Waals surface area contributed by atoms with Gasteiger partial charge < -0.3 is 9.84 Å². The van der Waals surface area contributed by atoms with Crippen molar-refractivity contribution in [1.82, 2.24) is 9.88 Å². The van der Waals surface area contributed by atoms with Gasteiger partial charge in [-0.2, -0.15) is 0 Å². The lowest BCUT2D eigenvalue weighted by atomic mass is 9.92. The van der Waals surface area contributed by atoms with E-state index in [2.05, 4.69) is 16.0 Å². The molecule has 29 heavy (non-hydrogen) atoms. The molecule has 0 radical (unpaired) electrons. The zero-order valence-electron chi connectivity index (χ0n) is 16.6. The molecule has 1 fully saturated rings. The first-order valence-corrected chi connectivity index (χ1v) is 10.2. The highest BCUT2D eigenvalue weighted by Crippen LogP contribution is 2.35. The number of aromatic nitrogens is 1. The highest BCUT2D eigenvalue weighted by Gasteiger charge is 2.35. The fourth-order valence-corrected chi connectivity index (χ4v) is 4.25. The SMILES string of the molecule is CCOc1ccc(C(c2cnc3ccccc3c2)N2CCCCC2C(=O)O)cc1. The van der Waals surface area contributed by atoms with Crippen molar-refractivity contribution in [3.63, 3.8) is 0 Å². The lowest BCUT2D eigenvalue weighted by molar-refractivity contribution is -0.145. The van der Waals surface area contributed by atoms with Gasteiger partial charge in [0, 0.05) is 11.6 Å². The summed E-state index contributed by atoms with van der Waals surface area (Å²) < 4.78 is 5.59. The molecule has 0 aliphatic carbocycles. The normalized spacial score (nSPS) is 18.4. The Bertz CT molecular complexity index is 987. The van der Waals surface area contributed by atoms with Crippen LogP contribution in [0.5, 0.6) is 5.75 Å². The monoisotopic (exact) mass is 390 g/mol. The van der Waals surface area contributed by atoms with Crippen molar-refractivity contribution in [3.8, 4) is 5.75 Å². The van der Waals surface area contributed by atoms with E-state index in [9.17, 15) is 9.90 Å². The summed E-state index contributed by atoms with van der Waals surface area (Å²) in [6.07, 6.45) is 4.50. The van der Waals surface area contributed by atoms with Crippen molar-refractivity contribution < 1.29 is 14.6 Å². The maximum absolute atomic E-state index is 12.0. The minimum Gasteiger partial charge on any atom is -0.494 e. The molecular weight excluding hydrogens is 364 g/mol. The van der Waals surface area contributed by atoms with Crippen molar-refractivity contribution in [3.05, 3.63) is 71.9 Å². The lowest BCUT2D eigenvalue weighted by Crippen LogP contribution is -2.46. The van der Waals surface area contributed by atoms with Crippen LogP contribution in [0.25, 0.3) is 10.9 Å². The molecule has 2 unspecified atom stereocenters. The summed E-state index contributed by atoms with van der Waals surface area (Å²) in [7, 11) is 0. The van der Waals surface area contributed by atoms with Crippen molar-refractivity contribution in [2.24, 2.45) is 0 Å². The van der Waals surface area contributed by atoms with Crippen LogP contribution in [0.1, 0.15) is 43.4 Å². The van der Waals surface area contributed by atoms with E-state index < -0.39 is 12.0 Å². The summed E-state index contributed by atoms with van der Waals surface area (Å²) in [5.74, 6) is 0.0643. The summed E-state index contributed by atoms with van der Waals surface area (Å²) in [6, 6.07) is 17.5. The number of carbonyl (C=O) groups is 1. The number of pyridine rings is 1. The third kappa shape index (κ3) is 4.10. The van der Waals surface area contributed by atoms with Gasteiger partial charge in [-0.25, -0.2) is 0 Å². The molecule has 1 aliphatic heterocycles. The Morgan fingerprint density at radius 3 is 2.72 bits per heavy atom. The van der Waals surface area contributed by atoms with Gasteiger partial charge in [-0.05, 0) is 61.7 Å².